The zero-order chi connectivity index (χ0) is 27.5. The number of aromatic amines is 1. The molecule has 5 heterocycles. The van der Waals surface area contributed by atoms with Gasteiger partial charge < -0.3 is 30.8 Å². The van der Waals surface area contributed by atoms with E-state index in [-0.39, 0.29) is 28.8 Å². The Morgan fingerprint density at radius 2 is 2.21 bits per heavy atom. The predicted octanol–water partition coefficient (Wildman–Crippen LogP) is -0.610. The molecule has 0 aliphatic carbocycles. The first-order valence-electron chi connectivity index (χ1n) is 11.5. The average Bonchev–Trinajstić information content (AvgIpc) is 3.60. The number of imidazole rings is 1. The van der Waals surface area contributed by atoms with Crippen LogP contribution in [-0.2, 0) is 32.9 Å². The minimum absolute atomic E-state index is 0.00348. The average molecular weight is 587 g/mol. The molecular formula is C23H22N8O5S3. The molecular weight excluding hydrogens is 565 g/mol. The second kappa shape index (κ2) is 11.5. The summed E-state index contributed by atoms with van der Waals surface area (Å²) in [6.07, 6.45) is 6.89. The van der Waals surface area contributed by atoms with Gasteiger partial charge in [0.1, 0.15) is 24.2 Å². The lowest BCUT2D eigenvalue weighted by atomic mass is 10.0. The lowest BCUT2D eigenvalue weighted by molar-refractivity contribution is -0.671. The van der Waals surface area contributed by atoms with Gasteiger partial charge in [0, 0.05) is 40.1 Å². The topological polar surface area (TPSA) is 183 Å². The Bertz CT molecular complexity index is 1450. The molecule has 2 aliphatic rings. The first-order chi connectivity index (χ1) is 18.8. The molecule has 3 aromatic heterocycles. The van der Waals surface area contributed by atoms with E-state index in [1.54, 1.807) is 11.6 Å². The quantitative estimate of drug-likeness (QED) is 0.0911. The van der Waals surface area contributed by atoms with E-state index in [9.17, 15) is 19.5 Å². The zero-order valence-corrected chi connectivity index (χ0v) is 22.8. The van der Waals surface area contributed by atoms with Crippen LogP contribution in [0.15, 0.2) is 63.8 Å². The number of carbonyl (C=O) groups excluding carboxylic acids is 3. The summed E-state index contributed by atoms with van der Waals surface area (Å²) in [5, 5.41) is 19.8. The number of thioether (sulfide) groups is 2. The molecule has 4 N–H and O–H groups in total. The van der Waals surface area contributed by atoms with Crippen LogP contribution in [0.3, 0.4) is 0 Å². The van der Waals surface area contributed by atoms with Gasteiger partial charge in [-0.15, -0.1) is 34.9 Å². The Hall–Kier alpha value is -3.89. The van der Waals surface area contributed by atoms with Crippen molar-refractivity contribution >= 4 is 63.5 Å². The molecule has 0 unspecified atom stereocenters. The maximum Gasteiger partial charge on any atom is 0.276 e. The number of nitrogens with two attached hydrogens (primary N) is 1. The second-order valence-corrected chi connectivity index (χ2v) is 11.5. The third kappa shape index (κ3) is 5.76. The van der Waals surface area contributed by atoms with E-state index in [2.05, 4.69) is 25.4 Å². The van der Waals surface area contributed by atoms with Crippen LogP contribution in [0.4, 0.5) is 5.13 Å². The number of β-lactam (4-membered cyclic amide) rings is 1. The minimum Gasteiger partial charge on any atom is -0.543 e. The molecule has 13 nitrogen and oxygen atoms in total. The van der Waals surface area contributed by atoms with E-state index in [0.717, 1.165) is 16.2 Å². The predicted molar refractivity (Wildman–Crippen MR) is 142 cm³/mol. The largest absolute Gasteiger partial charge is 0.543 e. The monoisotopic (exact) mass is 586 g/mol. The number of nitrogen functional groups attached to an aromatic ring is 1. The number of nitrogens with one attached hydrogen (secondary N) is 2. The van der Waals surface area contributed by atoms with Crippen molar-refractivity contribution in [2.24, 2.45) is 12.2 Å². The summed E-state index contributed by atoms with van der Waals surface area (Å²) in [7, 11) is 1.91. The number of aliphatic carboxylic acids is 1. The van der Waals surface area contributed by atoms with Crippen LogP contribution in [0, 0.1) is 0 Å². The highest BCUT2D eigenvalue weighted by Crippen LogP contribution is 2.41. The lowest BCUT2D eigenvalue weighted by Gasteiger charge is -2.50. The molecule has 2 amide bonds. The first kappa shape index (κ1) is 26.7. The SMILES string of the molecule is C[n+]1ccc(SCC2=C(C(=O)[O-])N3C(=O)[C@@H](NC(=O)/C(=N\OCc4c[nH]cn4)c4csc(N)n4)[C@H]3SC2)cc1. The summed E-state index contributed by atoms with van der Waals surface area (Å²) in [4.78, 5) is 56.7. The highest BCUT2D eigenvalue weighted by Gasteiger charge is 2.53. The highest BCUT2D eigenvalue weighted by molar-refractivity contribution is 8.01. The standard InChI is InChI=1S/C23H22N8O5S3/c1-30-4-2-14(3-5-30)37-8-12-9-38-21-17(20(33)31(21)18(12)22(34)35)28-19(32)16(15-10-39-23(24)27-15)29-36-7-13-6-25-11-26-13/h2-6,10-11,17,21H,7-9H2,1H3,(H4-,24,25,26,27,28,32,34,35)/b29-16-/t17-,21-/m1/s1. The Morgan fingerprint density at radius 1 is 1.41 bits per heavy atom. The zero-order valence-electron chi connectivity index (χ0n) is 20.4. The van der Waals surface area contributed by atoms with Crippen molar-refractivity contribution in [2.45, 2.75) is 22.9 Å². The number of amides is 2. The second-order valence-electron chi connectivity index (χ2n) is 8.43. The number of hydrogen-bond donors (Lipinski definition) is 3. The van der Waals surface area contributed by atoms with Gasteiger partial charge >= 0.3 is 0 Å². The number of thiazole rings is 1. The van der Waals surface area contributed by atoms with E-state index >= 15 is 0 Å². The summed E-state index contributed by atoms with van der Waals surface area (Å²) >= 11 is 3.96. The molecule has 202 valence electrons. The van der Waals surface area contributed by atoms with Crippen LogP contribution in [-0.4, -0.2) is 66.3 Å². The maximum absolute atomic E-state index is 13.2. The van der Waals surface area contributed by atoms with Crippen molar-refractivity contribution in [1.29, 1.82) is 0 Å². The molecule has 0 aromatic carbocycles. The van der Waals surface area contributed by atoms with Crippen molar-refractivity contribution in [2.75, 3.05) is 17.2 Å². The molecule has 1 fully saturated rings. The summed E-state index contributed by atoms with van der Waals surface area (Å²) in [5.74, 6) is -1.94. The molecule has 2 aliphatic heterocycles. The number of nitrogens with zero attached hydrogens (tertiary/aromatic N) is 5. The molecule has 16 heteroatoms. The van der Waals surface area contributed by atoms with Crippen molar-refractivity contribution in [1.82, 2.24) is 25.2 Å². The van der Waals surface area contributed by atoms with Crippen LogP contribution in [0.5, 0.6) is 0 Å². The van der Waals surface area contributed by atoms with Gasteiger partial charge in [-0.3, -0.25) is 14.5 Å². The molecule has 0 saturated carbocycles. The van der Waals surface area contributed by atoms with Crippen LogP contribution < -0.4 is 20.7 Å². The third-order valence-corrected chi connectivity index (χ3v) is 8.90. The van der Waals surface area contributed by atoms with Crippen LogP contribution in [0.2, 0.25) is 0 Å². The fraction of sp³-hybridized carbons (Fsp3) is 0.261. The van der Waals surface area contributed by atoms with Crippen molar-refractivity contribution < 1.29 is 28.9 Å². The summed E-state index contributed by atoms with van der Waals surface area (Å²) in [6.45, 7) is -0.00348. The van der Waals surface area contributed by atoms with Gasteiger partial charge in [0.2, 0.25) is 0 Å². The number of H-pyrrole nitrogens is 1. The van der Waals surface area contributed by atoms with Crippen LogP contribution >= 0.6 is 34.9 Å². The number of aryl methyl sites for hydroxylation is 1. The normalized spacial score (nSPS) is 18.9. The molecule has 1 saturated heterocycles. The number of fused-ring (bicyclic) bond motifs is 1. The van der Waals surface area contributed by atoms with Crippen molar-refractivity contribution in [3.05, 3.63) is 65.1 Å². The molecule has 5 rings (SSSR count). The molecule has 3 aromatic rings. The number of carbonyl (C=O) groups is 3. The number of rotatable bonds is 10. The van der Waals surface area contributed by atoms with Crippen LogP contribution in [0.25, 0.3) is 0 Å². The fourth-order valence-electron chi connectivity index (χ4n) is 3.88. The van der Waals surface area contributed by atoms with Gasteiger partial charge in [0.15, 0.2) is 29.8 Å². The van der Waals surface area contributed by atoms with E-state index < -0.39 is 29.2 Å². The number of hydrogen-bond acceptors (Lipinski definition) is 12. The smallest absolute Gasteiger partial charge is 0.276 e. The van der Waals surface area contributed by atoms with Crippen molar-refractivity contribution in [3.63, 3.8) is 0 Å². The summed E-state index contributed by atoms with van der Waals surface area (Å²) in [6, 6.07) is 2.89. The van der Waals surface area contributed by atoms with Gasteiger partial charge in [0.05, 0.1) is 23.7 Å². The minimum atomic E-state index is -1.43. The summed E-state index contributed by atoms with van der Waals surface area (Å²) < 4.78 is 1.90. The van der Waals surface area contributed by atoms with E-state index in [1.165, 1.54) is 34.8 Å². The Morgan fingerprint density at radius 3 is 2.87 bits per heavy atom. The number of carboxylic acid groups (broad SMARTS) is 1. The number of oxime groups is 1. The number of aromatic nitrogens is 4. The van der Waals surface area contributed by atoms with Crippen LogP contribution in [0.1, 0.15) is 11.4 Å². The van der Waals surface area contributed by atoms with Gasteiger partial charge in [-0.1, -0.05) is 5.16 Å². The first-order valence-corrected chi connectivity index (χ1v) is 14.4. The van der Waals surface area contributed by atoms with E-state index in [1.807, 2.05) is 36.1 Å². The molecule has 2 atom stereocenters. The Balaban J connectivity index is 1.29. The number of anilines is 1. The Labute approximate surface area is 234 Å². The van der Waals surface area contributed by atoms with E-state index in [0.29, 0.717) is 22.8 Å². The van der Waals surface area contributed by atoms with Gasteiger partial charge in [-0.2, -0.15) is 0 Å². The Kier molecular flexibility index (Phi) is 7.85. The molecule has 39 heavy (non-hydrogen) atoms. The number of pyridine rings is 1. The van der Waals surface area contributed by atoms with Gasteiger partial charge in [-0.05, 0) is 5.57 Å². The van der Waals surface area contributed by atoms with Crippen molar-refractivity contribution in [3.8, 4) is 0 Å². The third-order valence-electron chi connectivity index (χ3n) is 5.79. The lowest BCUT2D eigenvalue weighted by Crippen LogP contribution is -2.71. The fourth-order valence-corrected chi connectivity index (χ4v) is 6.80. The maximum atomic E-state index is 13.2. The van der Waals surface area contributed by atoms with Gasteiger partial charge in [0.25, 0.3) is 11.8 Å². The number of carboxylic acids is 1. The van der Waals surface area contributed by atoms with E-state index in [4.69, 9.17) is 10.6 Å². The molecule has 0 spiro atoms. The summed E-state index contributed by atoms with van der Waals surface area (Å²) in [5.41, 5.74) is 6.74. The highest BCUT2D eigenvalue weighted by atomic mass is 32.2. The molecule has 0 bridgehead atoms. The van der Waals surface area contributed by atoms with Gasteiger partial charge in [-0.25, -0.2) is 14.5 Å². The molecule has 0 radical (unpaired) electrons.